The van der Waals surface area contributed by atoms with Gasteiger partial charge in [-0.1, -0.05) is 13.3 Å². The summed E-state index contributed by atoms with van der Waals surface area (Å²) in [5.74, 6) is 0.805. The number of hydrogen-bond donors (Lipinski definition) is 2. The molecule has 0 radical (unpaired) electrons. The highest BCUT2D eigenvalue weighted by molar-refractivity contribution is 4.87. The maximum Gasteiger partial charge on any atom is 0.169 e. The minimum Gasteiger partial charge on any atom is -0.389 e. The second-order valence-electron chi connectivity index (χ2n) is 5.55. The van der Waals surface area contributed by atoms with Crippen molar-refractivity contribution in [2.45, 2.75) is 64.8 Å². The van der Waals surface area contributed by atoms with Gasteiger partial charge in [0.05, 0.1) is 5.60 Å². The Morgan fingerprint density at radius 2 is 1.74 bits per heavy atom. The minimum atomic E-state index is -0.533. The Morgan fingerprint density at radius 1 is 1.16 bits per heavy atom. The quantitative estimate of drug-likeness (QED) is 0.633. The maximum absolute atomic E-state index is 10.5. The molecule has 0 aliphatic heterocycles. The highest BCUT2D eigenvalue weighted by Gasteiger charge is 2.32. The first-order chi connectivity index (χ1) is 9.13. The Kier molecular flexibility index (Phi) is 7.91. The lowest BCUT2D eigenvalue weighted by Gasteiger charge is -2.36. The molecule has 0 aromatic rings. The van der Waals surface area contributed by atoms with Crippen molar-refractivity contribution in [3.63, 3.8) is 0 Å². The molecular weight excluding hydrogens is 242 g/mol. The van der Waals surface area contributed by atoms with Crippen LogP contribution in [-0.2, 0) is 9.47 Å². The van der Waals surface area contributed by atoms with Crippen LogP contribution in [0.5, 0.6) is 0 Å². The summed E-state index contributed by atoms with van der Waals surface area (Å²) in [7, 11) is 0. The van der Waals surface area contributed by atoms with Gasteiger partial charge in [0.15, 0.2) is 6.29 Å². The zero-order valence-corrected chi connectivity index (χ0v) is 12.8. The summed E-state index contributed by atoms with van der Waals surface area (Å²) in [6.07, 6.45) is 5.15. The molecule has 1 aliphatic carbocycles. The SMILES string of the molecule is CCOC(CNCC1(O)CCC(CC)CC1)OCC. The summed E-state index contributed by atoms with van der Waals surface area (Å²) in [6, 6.07) is 0. The predicted octanol–water partition coefficient (Wildman–Crippen LogP) is 2.31. The molecule has 114 valence electrons. The van der Waals surface area contributed by atoms with Crippen LogP contribution in [-0.4, -0.2) is 43.3 Å². The summed E-state index contributed by atoms with van der Waals surface area (Å²) in [5, 5.41) is 13.8. The van der Waals surface area contributed by atoms with Crippen LogP contribution >= 0.6 is 0 Å². The molecule has 0 aromatic heterocycles. The molecule has 4 nitrogen and oxygen atoms in total. The lowest BCUT2D eigenvalue weighted by Crippen LogP contribution is -2.46. The van der Waals surface area contributed by atoms with Crippen molar-refractivity contribution < 1.29 is 14.6 Å². The molecule has 1 saturated carbocycles. The van der Waals surface area contributed by atoms with Crippen molar-refractivity contribution in [2.24, 2.45) is 5.92 Å². The summed E-state index contributed by atoms with van der Waals surface area (Å²) < 4.78 is 10.9. The fourth-order valence-corrected chi connectivity index (χ4v) is 2.76. The van der Waals surface area contributed by atoms with Crippen molar-refractivity contribution in [1.29, 1.82) is 0 Å². The molecule has 0 aromatic carbocycles. The van der Waals surface area contributed by atoms with E-state index >= 15 is 0 Å². The predicted molar refractivity (Wildman–Crippen MR) is 77.1 cm³/mol. The molecule has 19 heavy (non-hydrogen) atoms. The van der Waals surface area contributed by atoms with Gasteiger partial charge in [-0.05, 0) is 45.4 Å². The molecule has 0 amide bonds. The summed E-state index contributed by atoms with van der Waals surface area (Å²) in [4.78, 5) is 0. The third-order valence-corrected chi connectivity index (χ3v) is 4.08. The van der Waals surface area contributed by atoms with Gasteiger partial charge in [0.2, 0.25) is 0 Å². The van der Waals surface area contributed by atoms with Crippen molar-refractivity contribution in [3.05, 3.63) is 0 Å². The average Bonchev–Trinajstić information content (AvgIpc) is 2.40. The number of nitrogens with one attached hydrogen (secondary N) is 1. The molecule has 1 aliphatic rings. The molecule has 1 rings (SSSR count). The van der Waals surface area contributed by atoms with E-state index in [1.807, 2.05) is 13.8 Å². The van der Waals surface area contributed by atoms with E-state index in [2.05, 4.69) is 12.2 Å². The molecule has 0 heterocycles. The van der Waals surface area contributed by atoms with Gasteiger partial charge in [0, 0.05) is 26.3 Å². The lowest BCUT2D eigenvalue weighted by molar-refractivity contribution is -0.134. The topological polar surface area (TPSA) is 50.7 Å². The smallest absolute Gasteiger partial charge is 0.169 e. The first kappa shape index (κ1) is 16.9. The Bertz CT molecular complexity index is 221. The normalized spacial score (nSPS) is 27.9. The van der Waals surface area contributed by atoms with Crippen LogP contribution in [0.2, 0.25) is 0 Å². The van der Waals surface area contributed by atoms with E-state index in [-0.39, 0.29) is 6.29 Å². The van der Waals surface area contributed by atoms with Crippen molar-refractivity contribution >= 4 is 0 Å². The van der Waals surface area contributed by atoms with Crippen LogP contribution in [0, 0.1) is 5.92 Å². The van der Waals surface area contributed by atoms with Crippen molar-refractivity contribution in [2.75, 3.05) is 26.3 Å². The van der Waals surface area contributed by atoms with Gasteiger partial charge >= 0.3 is 0 Å². The average molecular weight is 273 g/mol. The fraction of sp³-hybridized carbons (Fsp3) is 1.00. The van der Waals surface area contributed by atoms with Gasteiger partial charge in [-0.25, -0.2) is 0 Å². The van der Waals surface area contributed by atoms with Gasteiger partial charge in [0.1, 0.15) is 0 Å². The zero-order valence-electron chi connectivity index (χ0n) is 12.8. The van der Waals surface area contributed by atoms with Crippen LogP contribution in [0.4, 0.5) is 0 Å². The first-order valence-electron chi connectivity index (χ1n) is 7.79. The molecule has 0 atom stereocenters. The third kappa shape index (κ3) is 6.21. The largest absolute Gasteiger partial charge is 0.389 e. The zero-order chi connectivity index (χ0) is 14.1. The minimum absolute atomic E-state index is 0.203. The Labute approximate surface area is 117 Å². The third-order valence-electron chi connectivity index (χ3n) is 4.08. The number of rotatable bonds is 9. The summed E-state index contributed by atoms with van der Waals surface area (Å²) in [6.45, 7) is 8.74. The van der Waals surface area contributed by atoms with Crippen LogP contribution in [0.3, 0.4) is 0 Å². The van der Waals surface area contributed by atoms with Crippen LogP contribution in [0.15, 0.2) is 0 Å². The van der Waals surface area contributed by atoms with Crippen LogP contribution < -0.4 is 5.32 Å². The first-order valence-corrected chi connectivity index (χ1v) is 7.79. The van der Waals surface area contributed by atoms with E-state index in [0.717, 1.165) is 31.6 Å². The molecule has 0 bridgehead atoms. The van der Waals surface area contributed by atoms with Gasteiger partial charge in [-0.2, -0.15) is 0 Å². The van der Waals surface area contributed by atoms with Crippen LogP contribution in [0.25, 0.3) is 0 Å². The highest BCUT2D eigenvalue weighted by atomic mass is 16.7. The Hall–Kier alpha value is -0.160. The highest BCUT2D eigenvalue weighted by Crippen LogP contribution is 2.33. The van der Waals surface area contributed by atoms with Crippen molar-refractivity contribution in [3.8, 4) is 0 Å². The van der Waals surface area contributed by atoms with Crippen molar-refractivity contribution in [1.82, 2.24) is 5.32 Å². The van der Waals surface area contributed by atoms with E-state index in [0.29, 0.717) is 26.3 Å². The molecule has 0 saturated heterocycles. The molecule has 1 fully saturated rings. The number of aliphatic hydroxyl groups is 1. The van der Waals surface area contributed by atoms with Gasteiger partial charge in [-0.3, -0.25) is 0 Å². The van der Waals surface area contributed by atoms with E-state index in [1.165, 1.54) is 6.42 Å². The molecule has 4 heteroatoms. The molecular formula is C15H31NO3. The number of hydrogen-bond acceptors (Lipinski definition) is 4. The second-order valence-corrected chi connectivity index (χ2v) is 5.55. The Balaban J connectivity index is 2.23. The van der Waals surface area contributed by atoms with Gasteiger partial charge in [0.25, 0.3) is 0 Å². The lowest BCUT2D eigenvalue weighted by atomic mass is 9.78. The molecule has 0 spiro atoms. The summed E-state index contributed by atoms with van der Waals surface area (Å²) >= 11 is 0. The Morgan fingerprint density at radius 3 is 2.21 bits per heavy atom. The maximum atomic E-state index is 10.5. The molecule has 0 unspecified atom stereocenters. The fourth-order valence-electron chi connectivity index (χ4n) is 2.76. The second kappa shape index (κ2) is 8.90. The van der Waals surface area contributed by atoms with Gasteiger partial charge in [-0.15, -0.1) is 0 Å². The number of ether oxygens (including phenoxy) is 2. The van der Waals surface area contributed by atoms with Gasteiger partial charge < -0.3 is 19.9 Å². The van der Waals surface area contributed by atoms with E-state index in [9.17, 15) is 5.11 Å². The van der Waals surface area contributed by atoms with E-state index < -0.39 is 5.60 Å². The summed E-state index contributed by atoms with van der Waals surface area (Å²) in [5.41, 5.74) is -0.533. The van der Waals surface area contributed by atoms with Crippen LogP contribution in [0.1, 0.15) is 52.9 Å². The standard InChI is InChI=1S/C15H31NO3/c1-4-13-7-9-15(17,10-8-13)12-16-11-14(18-5-2)19-6-3/h13-14,16-17H,4-12H2,1-3H3. The molecule has 2 N–H and O–H groups in total. The van der Waals surface area contributed by atoms with E-state index in [1.54, 1.807) is 0 Å². The van der Waals surface area contributed by atoms with E-state index in [4.69, 9.17) is 9.47 Å². The monoisotopic (exact) mass is 273 g/mol.